The highest BCUT2D eigenvalue weighted by atomic mass is 16.5. The maximum absolute atomic E-state index is 13.2. The minimum absolute atomic E-state index is 0.130. The van der Waals surface area contributed by atoms with E-state index in [9.17, 15) is 9.59 Å². The Balaban J connectivity index is 1.65. The molecule has 34 heavy (non-hydrogen) atoms. The minimum atomic E-state index is -0.271. The lowest BCUT2D eigenvalue weighted by Crippen LogP contribution is -2.35. The van der Waals surface area contributed by atoms with Crippen LogP contribution in [-0.4, -0.2) is 34.2 Å². The molecule has 0 spiro atoms. The molecule has 1 amide bonds. The van der Waals surface area contributed by atoms with Crippen LogP contribution in [-0.2, 0) is 17.9 Å². The molecule has 0 aliphatic carbocycles. The van der Waals surface area contributed by atoms with Crippen molar-refractivity contribution in [1.29, 1.82) is 0 Å². The van der Waals surface area contributed by atoms with Gasteiger partial charge < -0.3 is 9.64 Å². The summed E-state index contributed by atoms with van der Waals surface area (Å²) < 4.78 is 6.77. The van der Waals surface area contributed by atoms with Crippen LogP contribution in [0.2, 0.25) is 0 Å². The predicted octanol–water partition coefficient (Wildman–Crippen LogP) is 4.74. The fourth-order valence-electron chi connectivity index (χ4n) is 4.00. The Morgan fingerprint density at radius 2 is 1.71 bits per heavy atom. The average Bonchev–Trinajstić information content (AvgIpc) is 2.84. The van der Waals surface area contributed by atoms with Crippen LogP contribution in [0.1, 0.15) is 23.6 Å². The highest BCUT2D eigenvalue weighted by molar-refractivity contribution is 5.94. The molecular formula is C28H29N3O3. The fourth-order valence-corrected chi connectivity index (χ4v) is 4.00. The predicted molar refractivity (Wildman–Crippen MR) is 135 cm³/mol. The Labute approximate surface area is 199 Å². The van der Waals surface area contributed by atoms with Crippen molar-refractivity contribution in [2.24, 2.45) is 0 Å². The van der Waals surface area contributed by atoms with Crippen LogP contribution in [0.3, 0.4) is 0 Å². The van der Waals surface area contributed by atoms with E-state index in [0.29, 0.717) is 24.2 Å². The first kappa shape index (κ1) is 23.2. The van der Waals surface area contributed by atoms with Gasteiger partial charge in [0, 0.05) is 24.5 Å². The highest BCUT2D eigenvalue weighted by Crippen LogP contribution is 2.28. The maximum Gasteiger partial charge on any atom is 0.275 e. The highest BCUT2D eigenvalue weighted by Gasteiger charge is 2.17. The molecule has 0 fully saturated rings. The van der Waals surface area contributed by atoms with E-state index in [1.165, 1.54) is 4.68 Å². The standard InChI is InChI=1S/C28H29N3O3/c1-5-34-22-14-12-21(13-15-22)17-30(4)26(32)18-31-28(33)24-9-7-6-8-23(24)27(29-31)25-16-19(2)10-11-20(25)3/h6-16H,5,17-18H2,1-4H3. The summed E-state index contributed by atoms with van der Waals surface area (Å²) in [6, 6.07) is 21.3. The summed E-state index contributed by atoms with van der Waals surface area (Å²) in [4.78, 5) is 27.8. The van der Waals surface area contributed by atoms with Gasteiger partial charge in [0.15, 0.2) is 0 Å². The largest absolute Gasteiger partial charge is 0.494 e. The van der Waals surface area contributed by atoms with Gasteiger partial charge in [-0.1, -0.05) is 48.0 Å². The number of fused-ring (bicyclic) bond motifs is 1. The van der Waals surface area contributed by atoms with Crippen LogP contribution in [0, 0.1) is 13.8 Å². The second kappa shape index (κ2) is 9.91. The van der Waals surface area contributed by atoms with Crippen LogP contribution in [0.5, 0.6) is 5.75 Å². The van der Waals surface area contributed by atoms with Crippen molar-refractivity contribution in [3.8, 4) is 17.0 Å². The van der Waals surface area contributed by atoms with E-state index in [0.717, 1.165) is 33.4 Å². The minimum Gasteiger partial charge on any atom is -0.494 e. The van der Waals surface area contributed by atoms with Crippen molar-refractivity contribution < 1.29 is 9.53 Å². The molecule has 174 valence electrons. The molecule has 3 aromatic carbocycles. The summed E-state index contributed by atoms with van der Waals surface area (Å²) in [7, 11) is 1.73. The van der Waals surface area contributed by atoms with Gasteiger partial charge in [-0.05, 0) is 56.2 Å². The molecule has 1 heterocycles. The number of amides is 1. The number of carbonyl (C=O) groups is 1. The zero-order chi connectivity index (χ0) is 24.2. The molecule has 0 aliphatic rings. The van der Waals surface area contributed by atoms with Gasteiger partial charge in [-0.3, -0.25) is 9.59 Å². The number of hydrogen-bond donors (Lipinski definition) is 0. The number of nitrogens with zero attached hydrogens (tertiary/aromatic N) is 3. The monoisotopic (exact) mass is 455 g/mol. The molecule has 0 unspecified atom stereocenters. The third kappa shape index (κ3) is 4.86. The summed E-state index contributed by atoms with van der Waals surface area (Å²) >= 11 is 0. The van der Waals surface area contributed by atoms with Crippen molar-refractivity contribution >= 4 is 16.7 Å². The zero-order valence-electron chi connectivity index (χ0n) is 20.0. The van der Waals surface area contributed by atoms with Crippen LogP contribution in [0.4, 0.5) is 0 Å². The Bertz CT molecular complexity index is 1390. The first-order chi connectivity index (χ1) is 16.4. The van der Waals surface area contributed by atoms with E-state index < -0.39 is 0 Å². The third-order valence-electron chi connectivity index (χ3n) is 5.88. The Morgan fingerprint density at radius 3 is 2.41 bits per heavy atom. The molecule has 0 saturated heterocycles. The number of carbonyl (C=O) groups excluding carboxylic acids is 1. The van der Waals surface area contributed by atoms with Crippen LogP contribution >= 0.6 is 0 Å². The lowest BCUT2D eigenvalue weighted by molar-refractivity contribution is -0.131. The van der Waals surface area contributed by atoms with Gasteiger partial charge in [-0.15, -0.1) is 0 Å². The number of rotatable bonds is 7. The van der Waals surface area contributed by atoms with Gasteiger partial charge in [0.05, 0.1) is 17.7 Å². The molecule has 0 saturated carbocycles. The molecule has 1 aromatic heterocycles. The smallest absolute Gasteiger partial charge is 0.275 e. The number of likely N-dealkylation sites (N-methyl/N-ethyl adjacent to an activating group) is 1. The summed E-state index contributed by atoms with van der Waals surface area (Å²) in [6.07, 6.45) is 0. The summed E-state index contributed by atoms with van der Waals surface area (Å²) in [5.41, 5.74) is 4.54. The van der Waals surface area contributed by atoms with Crippen LogP contribution in [0.25, 0.3) is 22.0 Å². The number of hydrogen-bond acceptors (Lipinski definition) is 4. The lowest BCUT2D eigenvalue weighted by Gasteiger charge is -2.19. The van der Waals surface area contributed by atoms with Gasteiger partial charge in [-0.25, -0.2) is 4.68 Å². The SMILES string of the molecule is CCOc1ccc(CN(C)C(=O)Cn2nc(-c3cc(C)ccc3C)c3ccccc3c2=O)cc1. The van der Waals surface area contributed by atoms with Gasteiger partial charge in [0.25, 0.3) is 5.56 Å². The average molecular weight is 456 g/mol. The number of ether oxygens (including phenoxy) is 1. The zero-order valence-corrected chi connectivity index (χ0v) is 20.0. The molecule has 6 heteroatoms. The topological polar surface area (TPSA) is 64.4 Å². The van der Waals surface area contributed by atoms with Crippen molar-refractivity contribution in [2.45, 2.75) is 33.9 Å². The number of benzene rings is 3. The Hall–Kier alpha value is -3.93. The molecule has 0 bridgehead atoms. The lowest BCUT2D eigenvalue weighted by atomic mass is 9.99. The fraction of sp³-hybridized carbons (Fsp3) is 0.250. The Morgan fingerprint density at radius 1 is 1.00 bits per heavy atom. The maximum atomic E-state index is 13.2. The molecule has 0 radical (unpaired) electrons. The van der Waals surface area contributed by atoms with Gasteiger partial charge in [-0.2, -0.15) is 5.10 Å². The molecule has 4 rings (SSSR count). The number of aryl methyl sites for hydroxylation is 2. The van der Waals surface area contributed by atoms with E-state index in [2.05, 4.69) is 17.2 Å². The molecular weight excluding hydrogens is 426 g/mol. The van der Waals surface area contributed by atoms with E-state index in [1.54, 1.807) is 18.0 Å². The van der Waals surface area contributed by atoms with Crippen LogP contribution in [0.15, 0.2) is 71.5 Å². The Kier molecular flexibility index (Phi) is 6.77. The quantitative estimate of drug-likeness (QED) is 0.404. The molecule has 0 N–H and O–H groups in total. The van der Waals surface area contributed by atoms with Gasteiger partial charge in [0.2, 0.25) is 5.91 Å². The van der Waals surface area contributed by atoms with Crippen LogP contribution < -0.4 is 10.3 Å². The molecule has 0 aliphatic heterocycles. The third-order valence-corrected chi connectivity index (χ3v) is 5.88. The molecule has 0 atom stereocenters. The molecule has 6 nitrogen and oxygen atoms in total. The van der Waals surface area contributed by atoms with Crippen molar-refractivity contribution in [3.05, 3.63) is 93.8 Å². The second-order valence-corrected chi connectivity index (χ2v) is 8.50. The van der Waals surface area contributed by atoms with E-state index >= 15 is 0 Å². The van der Waals surface area contributed by atoms with Crippen molar-refractivity contribution in [1.82, 2.24) is 14.7 Å². The van der Waals surface area contributed by atoms with Gasteiger partial charge in [0.1, 0.15) is 12.3 Å². The summed E-state index contributed by atoms with van der Waals surface area (Å²) in [5, 5.41) is 6.01. The molecule has 4 aromatic rings. The van der Waals surface area contributed by atoms with Crippen molar-refractivity contribution in [3.63, 3.8) is 0 Å². The summed E-state index contributed by atoms with van der Waals surface area (Å²) in [6.45, 7) is 6.90. The van der Waals surface area contributed by atoms with E-state index in [4.69, 9.17) is 4.74 Å². The number of aromatic nitrogens is 2. The normalized spacial score (nSPS) is 10.9. The second-order valence-electron chi connectivity index (χ2n) is 8.50. The first-order valence-corrected chi connectivity index (χ1v) is 11.4. The first-order valence-electron chi connectivity index (χ1n) is 11.4. The van der Waals surface area contributed by atoms with Crippen molar-refractivity contribution in [2.75, 3.05) is 13.7 Å². The van der Waals surface area contributed by atoms with E-state index in [-0.39, 0.29) is 18.0 Å². The van der Waals surface area contributed by atoms with Gasteiger partial charge >= 0.3 is 0 Å². The van der Waals surface area contributed by atoms with E-state index in [1.807, 2.05) is 69.3 Å². The summed E-state index contributed by atoms with van der Waals surface area (Å²) in [5.74, 6) is 0.608.